The Morgan fingerprint density at radius 2 is 2.06 bits per heavy atom. The number of rotatable bonds is 1. The fourth-order valence-corrected chi connectivity index (χ4v) is 2.67. The Kier molecular flexibility index (Phi) is 5.02. The second kappa shape index (κ2) is 5.70. The Labute approximate surface area is 122 Å². The molecule has 0 amide bonds. The van der Waals surface area contributed by atoms with Crippen LogP contribution < -0.4 is 5.32 Å². The van der Waals surface area contributed by atoms with E-state index in [0.29, 0.717) is 15.7 Å². The SMILES string of the molecule is CC1(C)CN/C(=N/c2cccc(Cl)c2Cl)S1.Cl. The van der Waals surface area contributed by atoms with Crippen LogP contribution in [0.3, 0.4) is 0 Å². The maximum atomic E-state index is 6.07. The van der Waals surface area contributed by atoms with Crippen molar-refractivity contribution in [3.8, 4) is 0 Å². The lowest BCUT2D eigenvalue weighted by atomic mass is 10.2. The lowest BCUT2D eigenvalue weighted by Gasteiger charge is -2.10. The Morgan fingerprint density at radius 1 is 1.35 bits per heavy atom. The van der Waals surface area contributed by atoms with Gasteiger partial charge in [0.25, 0.3) is 0 Å². The van der Waals surface area contributed by atoms with Crippen molar-refractivity contribution < 1.29 is 0 Å². The van der Waals surface area contributed by atoms with Crippen molar-refractivity contribution in [3.05, 3.63) is 28.2 Å². The highest BCUT2D eigenvalue weighted by Gasteiger charge is 2.28. The summed E-state index contributed by atoms with van der Waals surface area (Å²) in [5.74, 6) is 0. The van der Waals surface area contributed by atoms with Gasteiger partial charge in [0.2, 0.25) is 0 Å². The van der Waals surface area contributed by atoms with Gasteiger partial charge in [-0.2, -0.15) is 0 Å². The molecule has 94 valence electrons. The molecule has 1 N–H and O–H groups in total. The predicted octanol–water partition coefficient (Wildman–Crippen LogP) is 4.52. The van der Waals surface area contributed by atoms with Crippen molar-refractivity contribution >= 4 is 58.2 Å². The van der Waals surface area contributed by atoms with Crippen molar-refractivity contribution in [2.45, 2.75) is 18.6 Å². The molecule has 6 heteroatoms. The molecule has 1 saturated heterocycles. The molecular weight excluding hydrogens is 299 g/mol. The topological polar surface area (TPSA) is 24.4 Å². The van der Waals surface area contributed by atoms with Gasteiger partial charge in [-0.3, -0.25) is 0 Å². The molecule has 0 unspecified atom stereocenters. The minimum absolute atomic E-state index is 0. The highest BCUT2D eigenvalue weighted by molar-refractivity contribution is 8.15. The van der Waals surface area contributed by atoms with Crippen LogP contribution in [0.1, 0.15) is 13.8 Å². The zero-order chi connectivity index (χ0) is 11.8. The molecule has 1 aromatic rings. The number of aliphatic imine (C=N–C) groups is 1. The molecule has 1 fully saturated rings. The van der Waals surface area contributed by atoms with Crippen molar-refractivity contribution in [1.82, 2.24) is 5.32 Å². The summed E-state index contributed by atoms with van der Waals surface area (Å²) in [7, 11) is 0. The molecule has 17 heavy (non-hydrogen) atoms. The third kappa shape index (κ3) is 3.68. The van der Waals surface area contributed by atoms with Crippen LogP contribution in [0.15, 0.2) is 23.2 Å². The second-order valence-corrected chi connectivity index (χ2v) is 6.69. The van der Waals surface area contributed by atoms with Crippen molar-refractivity contribution in [2.75, 3.05) is 6.54 Å². The summed E-state index contributed by atoms with van der Waals surface area (Å²) >= 11 is 13.7. The Morgan fingerprint density at radius 3 is 2.65 bits per heavy atom. The van der Waals surface area contributed by atoms with Crippen molar-refractivity contribution in [1.29, 1.82) is 0 Å². The van der Waals surface area contributed by atoms with Crippen LogP contribution in [0.5, 0.6) is 0 Å². The van der Waals surface area contributed by atoms with E-state index in [1.807, 2.05) is 12.1 Å². The van der Waals surface area contributed by atoms with Crippen LogP contribution in [0.2, 0.25) is 10.0 Å². The number of amidine groups is 1. The molecule has 0 radical (unpaired) electrons. The van der Waals surface area contributed by atoms with Gasteiger partial charge in [0, 0.05) is 11.3 Å². The maximum Gasteiger partial charge on any atom is 0.162 e. The molecule has 2 rings (SSSR count). The second-order valence-electron chi connectivity index (χ2n) is 4.21. The van der Waals surface area contributed by atoms with E-state index >= 15 is 0 Å². The normalized spacial score (nSPS) is 19.9. The van der Waals surface area contributed by atoms with Gasteiger partial charge in [0.15, 0.2) is 5.17 Å². The predicted molar refractivity (Wildman–Crippen MR) is 80.5 cm³/mol. The third-order valence-corrected chi connectivity index (χ3v) is 4.13. The number of thioether (sulfide) groups is 1. The standard InChI is InChI=1S/C11H12Cl2N2S.ClH/c1-11(2)6-14-10(16-11)15-8-5-3-4-7(12)9(8)13;/h3-5H,6H2,1-2H3,(H,14,15);1H. The van der Waals surface area contributed by atoms with Crippen LogP contribution in [0.25, 0.3) is 0 Å². The molecule has 2 nitrogen and oxygen atoms in total. The first-order chi connectivity index (χ1) is 7.48. The molecule has 0 atom stereocenters. The van der Waals surface area contributed by atoms with Gasteiger partial charge in [-0.15, -0.1) is 12.4 Å². The first-order valence-electron chi connectivity index (χ1n) is 4.93. The molecule has 0 aliphatic carbocycles. The number of halogens is 3. The van der Waals surface area contributed by atoms with E-state index in [9.17, 15) is 0 Å². The summed E-state index contributed by atoms with van der Waals surface area (Å²) in [5.41, 5.74) is 0.710. The summed E-state index contributed by atoms with van der Waals surface area (Å²) in [6, 6.07) is 5.46. The average molecular weight is 312 g/mol. The van der Waals surface area contributed by atoms with Gasteiger partial charge in [-0.05, 0) is 26.0 Å². The van der Waals surface area contributed by atoms with E-state index in [0.717, 1.165) is 11.7 Å². The van der Waals surface area contributed by atoms with Crippen LogP contribution >= 0.6 is 47.4 Å². The summed E-state index contributed by atoms with van der Waals surface area (Å²) in [4.78, 5) is 4.47. The molecular formula is C11H13Cl3N2S. The summed E-state index contributed by atoms with van der Waals surface area (Å²) in [5, 5.41) is 5.19. The Balaban J connectivity index is 0.00000144. The highest BCUT2D eigenvalue weighted by atomic mass is 35.5. The quantitative estimate of drug-likeness (QED) is 0.824. The van der Waals surface area contributed by atoms with Gasteiger partial charge in [-0.1, -0.05) is 41.0 Å². The fraction of sp³-hybridized carbons (Fsp3) is 0.364. The van der Waals surface area contributed by atoms with Crippen LogP contribution in [-0.2, 0) is 0 Å². The van der Waals surface area contributed by atoms with Gasteiger partial charge < -0.3 is 5.32 Å². The van der Waals surface area contributed by atoms with Crippen LogP contribution in [0.4, 0.5) is 5.69 Å². The van der Waals surface area contributed by atoms with E-state index in [1.165, 1.54) is 0 Å². The number of hydrogen-bond donors (Lipinski definition) is 1. The summed E-state index contributed by atoms with van der Waals surface area (Å²) in [6.45, 7) is 5.26. The van der Waals surface area contributed by atoms with Crippen LogP contribution in [-0.4, -0.2) is 16.5 Å². The number of nitrogens with zero attached hydrogens (tertiary/aromatic N) is 1. The summed E-state index contributed by atoms with van der Waals surface area (Å²) in [6.07, 6.45) is 0. The van der Waals surface area contributed by atoms with Gasteiger partial charge in [0.05, 0.1) is 15.7 Å². The molecule has 1 aliphatic rings. The van der Waals surface area contributed by atoms with E-state index in [-0.39, 0.29) is 17.2 Å². The Hall–Kier alpha value is -0.0900. The minimum atomic E-state index is 0. The first-order valence-corrected chi connectivity index (χ1v) is 6.51. The van der Waals surface area contributed by atoms with E-state index < -0.39 is 0 Å². The molecule has 1 aromatic carbocycles. The van der Waals surface area contributed by atoms with Crippen molar-refractivity contribution in [3.63, 3.8) is 0 Å². The average Bonchev–Trinajstić information content (AvgIpc) is 2.53. The lowest BCUT2D eigenvalue weighted by molar-refractivity contribution is 0.703. The molecule has 0 bridgehead atoms. The van der Waals surface area contributed by atoms with Gasteiger partial charge in [-0.25, -0.2) is 4.99 Å². The van der Waals surface area contributed by atoms with E-state index in [4.69, 9.17) is 23.2 Å². The number of nitrogens with one attached hydrogen (secondary N) is 1. The molecule has 1 aliphatic heterocycles. The van der Waals surface area contributed by atoms with Crippen LogP contribution in [0, 0.1) is 0 Å². The fourth-order valence-electron chi connectivity index (χ4n) is 1.37. The third-order valence-electron chi connectivity index (χ3n) is 2.19. The molecule has 0 saturated carbocycles. The number of hydrogen-bond acceptors (Lipinski definition) is 2. The van der Waals surface area contributed by atoms with Crippen molar-refractivity contribution in [2.24, 2.45) is 4.99 Å². The van der Waals surface area contributed by atoms with E-state index in [1.54, 1.807) is 17.8 Å². The molecule has 0 aromatic heterocycles. The van der Waals surface area contributed by atoms with Gasteiger partial charge >= 0.3 is 0 Å². The minimum Gasteiger partial charge on any atom is -0.363 e. The largest absolute Gasteiger partial charge is 0.363 e. The van der Waals surface area contributed by atoms with E-state index in [2.05, 4.69) is 24.2 Å². The maximum absolute atomic E-state index is 6.07. The smallest absolute Gasteiger partial charge is 0.162 e. The molecule has 0 spiro atoms. The zero-order valence-corrected chi connectivity index (χ0v) is 12.6. The monoisotopic (exact) mass is 310 g/mol. The highest BCUT2D eigenvalue weighted by Crippen LogP contribution is 2.35. The first kappa shape index (κ1) is 15.0. The lowest BCUT2D eigenvalue weighted by Crippen LogP contribution is -2.21. The summed E-state index contributed by atoms with van der Waals surface area (Å²) < 4.78 is 0.184. The van der Waals surface area contributed by atoms with Gasteiger partial charge in [0.1, 0.15) is 0 Å². The zero-order valence-electron chi connectivity index (χ0n) is 9.46. The molecule has 1 heterocycles. The Bertz CT molecular complexity index is 446. The number of benzene rings is 1.